The van der Waals surface area contributed by atoms with Gasteiger partial charge in [0, 0.05) is 4.88 Å². The van der Waals surface area contributed by atoms with Gasteiger partial charge in [-0.2, -0.15) is 0 Å². The number of amides is 1. The number of ether oxygens (including phenoxy) is 2. The number of benzene rings is 1. The van der Waals surface area contributed by atoms with Crippen LogP contribution >= 0.6 is 11.3 Å². The molecule has 1 N–H and O–H groups in total. The Balaban J connectivity index is 2.19. The number of rotatable bonds is 7. The number of hydrogen-bond donors (Lipinski definition) is 1. The molecular weight excluding hydrogens is 350 g/mol. The van der Waals surface area contributed by atoms with Gasteiger partial charge in [-0.25, -0.2) is 4.79 Å². The average Bonchev–Trinajstić information content (AvgIpc) is 2.86. The summed E-state index contributed by atoms with van der Waals surface area (Å²) in [5, 5.41) is 3.36. The van der Waals surface area contributed by atoms with Gasteiger partial charge in [-0.15, -0.1) is 11.3 Å². The van der Waals surface area contributed by atoms with Crippen LogP contribution in [0.1, 0.15) is 48.0 Å². The first-order valence-electron chi connectivity index (χ1n) is 8.67. The summed E-state index contributed by atoms with van der Waals surface area (Å²) >= 11 is 1.37. The van der Waals surface area contributed by atoms with Crippen molar-refractivity contribution in [3.8, 4) is 5.75 Å². The maximum atomic E-state index is 12.7. The van der Waals surface area contributed by atoms with E-state index in [2.05, 4.69) is 5.32 Å². The first-order chi connectivity index (χ1) is 12.3. The second kappa shape index (κ2) is 8.85. The SMILES string of the molecule is CC[C@@H](Oc1ccccc1)C(=O)Nc1sc(C)c(C)c1C(=O)OC(C)C. The molecule has 6 heteroatoms. The monoisotopic (exact) mass is 375 g/mol. The molecule has 0 saturated carbocycles. The van der Waals surface area contributed by atoms with Crippen LogP contribution < -0.4 is 10.1 Å². The summed E-state index contributed by atoms with van der Waals surface area (Å²) in [7, 11) is 0. The number of aryl methyl sites for hydroxylation is 1. The molecule has 1 amide bonds. The van der Waals surface area contributed by atoms with Crippen molar-refractivity contribution in [1.82, 2.24) is 0 Å². The van der Waals surface area contributed by atoms with E-state index in [-0.39, 0.29) is 12.0 Å². The molecule has 0 saturated heterocycles. The minimum Gasteiger partial charge on any atom is -0.481 e. The molecule has 0 unspecified atom stereocenters. The Morgan fingerprint density at radius 3 is 2.38 bits per heavy atom. The Hall–Kier alpha value is -2.34. The van der Waals surface area contributed by atoms with E-state index < -0.39 is 12.1 Å². The highest BCUT2D eigenvalue weighted by Gasteiger charge is 2.26. The average molecular weight is 375 g/mol. The van der Waals surface area contributed by atoms with E-state index in [1.165, 1.54) is 11.3 Å². The Labute approximate surface area is 158 Å². The molecule has 0 aliphatic rings. The molecule has 140 valence electrons. The highest BCUT2D eigenvalue weighted by Crippen LogP contribution is 2.33. The molecule has 0 aliphatic carbocycles. The molecule has 0 radical (unpaired) electrons. The van der Waals surface area contributed by atoms with Gasteiger partial charge in [0.05, 0.1) is 11.7 Å². The standard InChI is InChI=1S/C20H25NO4S/c1-6-16(25-15-10-8-7-9-11-15)18(22)21-19-17(13(4)14(5)26-19)20(23)24-12(2)3/h7-12,16H,6H2,1-5H3,(H,21,22)/t16-/m1/s1. The Morgan fingerprint density at radius 2 is 1.81 bits per heavy atom. The third-order valence-electron chi connectivity index (χ3n) is 3.85. The summed E-state index contributed by atoms with van der Waals surface area (Å²) in [5.41, 5.74) is 1.25. The largest absolute Gasteiger partial charge is 0.481 e. The molecule has 26 heavy (non-hydrogen) atoms. The van der Waals surface area contributed by atoms with Gasteiger partial charge < -0.3 is 14.8 Å². The van der Waals surface area contributed by atoms with Crippen LogP contribution in [0.5, 0.6) is 5.75 Å². The third kappa shape index (κ3) is 4.85. The van der Waals surface area contributed by atoms with Crippen LogP contribution in [0.3, 0.4) is 0 Å². The van der Waals surface area contributed by atoms with Crippen molar-refractivity contribution in [3.05, 3.63) is 46.3 Å². The van der Waals surface area contributed by atoms with Crippen molar-refractivity contribution >= 4 is 28.2 Å². The van der Waals surface area contributed by atoms with Crippen molar-refractivity contribution in [1.29, 1.82) is 0 Å². The molecule has 2 rings (SSSR count). The van der Waals surface area contributed by atoms with Gasteiger partial charge in [-0.1, -0.05) is 25.1 Å². The Bertz CT molecular complexity index is 768. The molecule has 0 aliphatic heterocycles. The zero-order valence-electron chi connectivity index (χ0n) is 15.8. The highest BCUT2D eigenvalue weighted by atomic mass is 32.1. The number of hydrogen-bond acceptors (Lipinski definition) is 5. The number of carbonyl (C=O) groups is 2. The predicted molar refractivity (Wildman–Crippen MR) is 104 cm³/mol. The molecule has 1 heterocycles. The number of carbonyl (C=O) groups excluding carboxylic acids is 2. The van der Waals surface area contributed by atoms with Crippen molar-refractivity contribution in [2.75, 3.05) is 5.32 Å². The smallest absolute Gasteiger partial charge is 0.341 e. The van der Waals surface area contributed by atoms with E-state index in [1.807, 2.05) is 39.0 Å². The maximum absolute atomic E-state index is 12.7. The fourth-order valence-electron chi connectivity index (χ4n) is 2.41. The Morgan fingerprint density at radius 1 is 1.15 bits per heavy atom. The fraction of sp³-hybridized carbons (Fsp3) is 0.400. The molecule has 1 aromatic carbocycles. The third-order valence-corrected chi connectivity index (χ3v) is 4.98. The molecular formula is C20H25NO4S. The molecule has 1 atom stereocenters. The van der Waals surface area contributed by atoms with Gasteiger partial charge in [-0.05, 0) is 51.8 Å². The number of esters is 1. The highest BCUT2D eigenvalue weighted by molar-refractivity contribution is 7.16. The van der Waals surface area contributed by atoms with Crippen molar-refractivity contribution in [3.63, 3.8) is 0 Å². The van der Waals surface area contributed by atoms with Crippen LogP contribution in [0, 0.1) is 13.8 Å². The second-order valence-corrected chi connectivity index (χ2v) is 7.48. The van der Waals surface area contributed by atoms with Gasteiger partial charge in [-0.3, -0.25) is 4.79 Å². The lowest BCUT2D eigenvalue weighted by Gasteiger charge is -2.17. The van der Waals surface area contributed by atoms with E-state index in [0.717, 1.165) is 10.4 Å². The normalized spacial score (nSPS) is 11.9. The van der Waals surface area contributed by atoms with Gasteiger partial charge in [0.1, 0.15) is 10.8 Å². The zero-order chi connectivity index (χ0) is 19.3. The number of thiophene rings is 1. The van der Waals surface area contributed by atoms with E-state index in [9.17, 15) is 9.59 Å². The summed E-state index contributed by atoms with van der Waals surface area (Å²) < 4.78 is 11.1. The summed E-state index contributed by atoms with van der Waals surface area (Å²) in [6, 6.07) is 9.21. The minimum atomic E-state index is -0.644. The topological polar surface area (TPSA) is 64.6 Å². The summed E-state index contributed by atoms with van der Waals surface area (Å²) in [4.78, 5) is 26.1. The van der Waals surface area contributed by atoms with Crippen molar-refractivity contribution in [2.45, 2.75) is 53.2 Å². The van der Waals surface area contributed by atoms with Crippen LogP contribution in [0.15, 0.2) is 30.3 Å². The number of anilines is 1. The van der Waals surface area contributed by atoms with E-state index >= 15 is 0 Å². The van der Waals surface area contributed by atoms with Gasteiger partial charge >= 0.3 is 5.97 Å². The molecule has 0 bridgehead atoms. The fourth-order valence-corrected chi connectivity index (χ4v) is 3.46. The molecule has 1 aromatic heterocycles. The van der Waals surface area contributed by atoms with Gasteiger partial charge in [0.25, 0.3) is 5.91 Å². The second-order valence-electron chi connectivity index (χ2n) is 6.26. The summed E-state index contributed by atoms with van der Waals surface area (Å²) in [5.74, 6) is -0.0714. The number of nitrogens with one attached hydrogen (secondary N) is 1. The maximum Gasteiger partial charge on any atom is 0.341 e. The molecule has 0 fully saturated rings. The lowest BCUT2D eigenvalue weighted by molar-refractivity contribution is -0.122. The molecule has 2 aromatic rings. The summed E-state index contributed by atoms with van der Waals surface area (Å²) in [6.45, 7) is 9.25. The van der Waals surface area contributed by atoms with Crippen LogP contribution in [0.25, 0.3) is 0 Å². The van der Waals surface area contributed by atoms with E-state index in [4.69, 9.17) is 9.47 Å². The van der Waals surface area contributed by atoms with Crippen molar-refractivity contribution in [2.24, 2.45) is 0 Å². The van der Waals surface area contributed by atoms with E-state index in [1.54, 1.807) is 26.0 Å². The summed E-state index contributed by atoms with van der Waals surface area (Å²) in [6.07, 6.45) is -0.361. The first kappa shape index (κ1) is 20.0. The van der Waals surface area contributed by atoms with Crippen LogP contribution in [-0.4, -0.2) is 24.1 Å². The lowest BCUT2D eigenvalue weighted by atomic mass is 10.1. The Kier molecular flexibility index (Phi) is 6.80. The van der Waals surface area contributed by atoms with E-state index in [0.29, 0.717) is 22.7 Å². The quantitative estimate of drug-likeness (QED) is 0.711. The lowest BCUT2D eigenvalue weighted by Crippen LogP contribution is -2.32. The zero-order valence-corrected chi connectivity index (χ0v) is 16.6. The number of para-hydroxylation sites is 1. The van der Waals surface area contributed by atoms with Crippen molar-refractivity contribution < 1.29 is 19.1 Å². The van der Waals surface area contributed by atoms with Crippen LogP contribution in [-0.2, 0) is 9.53 Å². The molecule has 0 spiro atoms. The van der Waals surface area contributed by atoms with Gasteiger partial charge in [0.15, 0.2) is 6.10 Å². The van der Waals surface area contributed by atoms with Crippen LogP contribution in [0.4, 0.5) is 5.00 Å². The van der Waals surface area contributed by atoms with Crippen LogP contribution in [0.2, 0.25) is 0 Å². The minimum absolute atomic E-state index is 0.226. The predicted octanol–water partition coefficient (Wildman–Crippen LogP) is 4.73. The first-order valence-corrected chi connectivity index (χ1v) is 9.48. The van der Waals surface area contributed by atoms with Gasteiger partial charge in [0.2, 0.25) is 0 Å². The molecule has 5 nitrogen and oxygen atoms in total.